The first-order valence-corrected chi connectivity index (χ1v) is 9.44. The van der Waals surface area contributed by atoms with Crippen molar-refractivity contribution in [3.8, 4) is 0 Å². The second-order valence-electron chi connectivity index (χ2n) is 6.58. The van der Waals surface area contributed by atoms with Crippen molar-refractivity contribution in [3.05, 3.63) is 102 Å². The Labute approximate surface area is 174 Å². The van der Waals surface area contributed by atoms with E-state index in [9.17, 15) is 14.4 Å². The summed E-state index contributed by atoms with van der Waals surface area (Å²) >= 11 is 0. The van der Waals surface area contributed by atoms with Gasteiger partial charge in [-0.15, -0.1) is 0 Å². The van der Waals surface area contributed by atoms with Crippen molar-refractivity contribution < 1.29 is 19.1 Å². The third-order valence-electron chi connectivity index (χ3n) is 4.56. The lowest BCUT2D eigenvalue weighted by atomic mass is 9.90. The summed E-state index contributed by atoms with van der Waals surface area (Å²) in [6, 6.07) is 25.6. The van der Waals surface area contributed by atoms with Gasteiger partial charge >= 0.3 is 5.97 Å². The number of benzene rings is 3. The number of hydrogen-bond donors (Lipinski definition) is 2. The minimum atomic E-state index is -0.528. The number of rotatable bonds is 7. The summed E-state index contributed by atoms with van der Waals surface area (Å²) < 4.78 is 4.49. The minimum absolute atomic E-state index is 0.171. The van der Waals surface area contributed by atoms with Crippen molar-refractivity contribution in [1.82, 2.24) is 5.32 Å². The van der Waals surface area contributed by atoms with E-state index in [4.69, 9.17) is 0 Å². The van der Waals surface area contributed by atoms with E-state index in [1.54, 1.807) is 24.3 Å². The smallest absolute Gasteiger partial charge is 0.325 e. The normalized spacial score (nSPS) is 10.3. The largest absolute Gasteiger partial charge is 0.468 e. The standard InChI is InChI=1S/C24H22N2O4/c1-30-21(27)16-25-23(28)19-12-14-20(15-13-19)26-24(29)22(17-8-4-2-5-9-17)18-10-6-3-7-11-18/h2-15,22H,16H2,1H3,(H,25,28)(H,26,29). The molecule has 6 heteroatoms. The summed E-state index contributed by atoms with van der Waals surface area (Å²) in [5.74, 6) is -1.56. The van der Waals surface area contributed by atoms with E-state index < -0.39 is 17.8 Å². The van der Waals surface area contributed by atoms with Crippen LogP contribution in [0.25, 0.3) is 0 Å². The van der Waals surface area contributed by atoms with Gasteiger partial charge in [0.15, 0.2) is 0 Å². The predicted molar refractivity (Wildman–Crippen MR) is 114 cm³/mol. The molecule has 0 atom stereocenters. The fourth-order valence-corrected chi connectivity index (χ4v) is 3.03. The summed E-state index contributed by atoms with van der Waals surface area (Å²) in [6.07, 6.45) is 0. The number of amides is 2. The Bertz CT molecular complexity index is 963. The van der Waals surface area contributed by atoms with Crippen LogP contribution in [0.4, 0.5) is 5.69 Å². The Morgan fingerprint density at radius 3 is 1.83 bits per heavy atom. The summed E-state index contributed by atoms with van der Waals surface area (Å²) in [5.41, 5.74) is 2.72. The van der Waals surface area contributed by atoms with Crippen LogP contribution < -0.4 is 10.6 Å². The Morgan fingerprint density at radius 1 is 0.800 bits per heavy atom. The van der Waals surface area contributed by atoms with Crippen molar-refractivity contribution >= 4 is 23.5 Å². The molecule has 0 saturated heterocycles. The molecule has 30 heavy (non-hydrogen) atoms. The molecule has 0 fully saturated rings. The van der Waals surface area contributed by atoms with E-state index in [0.717, 1.165) is 11.1 Å². The molecule has 152 valence electrons. The lowest BCUT2D eigenvalue weighted by molar-refractivity contribution is -0.139. The highest BCUT2D eigenvalue weighted by atomic mass is 16.5. The molecular weight excluding hydrogens is 380 g/mol. The molecule has 0 aliphatic carbocycles. The maximum atomic E-state index is 13.1. The van der Waals surface area contributed by atoms with E-state index in [2.05, 4.69) is 15.4 Å². The van der Waals surface area contributed by atoms with E-state index in [0.29, 0.717) is 11.3 Å². The fourth-order valence-electron chi connectivity index (χ4n) is 3.03. The van der Waals surface area contributed by atoms with Gasteiger partial charge < -0.3 is 15.4 Å². The van der Waals surface area contributed by atoms with Crippen LogP contribution in [-0.4, -0.2) is 31.4 Å². The molecule has 0 bridgehead atoms. The molecule has 0 radical (unpaired) electrons. The zero-order valence-corrected chi connectivity index (χ0v) is 16.5. The van der Waals surface area contributed by atoms with Crippen LogP contribution in [0.2, 0.25) is 0 Å². The first kappa shape index (κ1) is 20.8. The van der Waals surface area contributed by atoms with Crippen molar-refractivity contribution in [3.63, 3.8) is 0 Å². The molecular formula is C24H22N2O4. The lowest BCUT2D eigenvalue weighted by Crippen LogP contribution is -2.30. The van der Waals surface area contributed by atoms with Crippen molar-refractivity contribution in [1.29, 1.82) is 0 Å². The molecule has 0 aromatic heterocycles. The maximum absolute atomic E-state index is 13.1. The molecule has 0 saturated carbocycles. The van der Waals surface area contributed by atoms with Gasteiger partial charge in [0, 0.05) is 11.3 Å². The topological polar surface area (TPSA) is 84.5 Å². The number of carbonyl (C=O) groups is 3. The van der Waals surface area contributed by atoms with Gasteiger partial charge in [-0.05, 0) is 35.4 Å². The van der Waals surface area contributed by atoms with Gasteiger partial charge in [0.05, 0.1) is 13.0 Å². The SMILES string of the molecule is COC(=O)CNC(=O)c1ccc(NC(=O)C(c2ccccc2)c2ccccc2)cc1. The zero-order chi connectivity index (χ0) is 21.3. The number of nitrogens with one attached hydrogen (secondary N) is 2. The Kier molecular flexibility index (Phi) is 6.95. The van der Waals surface area contributed by atoms with Crippen molar-refractivity contribution in [2.45, 2.75) is 5.92 Å². The van der Waals surface area contributed by atoms with Crippen molar-refractivity contribution in [2.75, 3.05) is 19.0 Å². The number of carbonyl (C=O) groups excluding carboxylic acids is 3. The van der Waals surface area contributed by atoms with Gasteiger partial charge in [0.1, 0.15) is 6.54 Å². The van der Waals surface area contributed by atoms with E-state index in [1.165, 1.54) is 7.11 Å². The van der Waals surface area contributed by atoms with Crippen LogP contribution in [0.1, 0.15) is 27.4 Å². The molecule has 0 spiro atoms. The second-order valence-corrected chi connectivity index (χ2v) is 6.58. The Balaban J connectivity index is 1.73. The third kappa shape index (κ3) is 5.32. The predicted octanol–water partition coefficient (Wildman–Crippen LogP) is 3.36. The van der Waals surface area contributed by atoms with Crippen LogP contribution in [0.5, 0.6) is 0 Å². The lowest BCUT2D eigenvalue weighted by Gasteiger charge is -2.18. The van der Waals surface area contributed by atoms with Gasteiger partial charge in [-0.25, -0.2) is 0 Å². The van der Waals surface area contributed by atoms with Gasteiger partial charge in [0.2, 0.25) is 5.91 Å². The average Bonchev–Trinajstić information content (AvgIpc) is 2.79. The highest BCUT2D eigenvalue weighted by Crippen LogP contribution is 2.26. The van der Waals surface area contributed by atoms with Crippen molar-refractivity contribution in [2.24, 2.45) is 0 Å². The zero-order valence-electron chi connectivity index (χ0n) is 16.5. The second kappa shape index (κ2) is 10.0. The molecule has 0 unspecified atom stereocenters. The quantitative estimate of drug-likeness (QED) is 0.594. The molecule has 0 aliphatic heterocycles. The summed E-state index contributed by atoms with van der Waals surface area (Å²) in [7, 11) is 1.25. The fraction of sp³-hybridized carbons (Fsp3) is 0.125. The van der Waals surface area contributed by atoms with Crippen LogP contribution in [0, 0.1) is 0 Å². The molecule has 2 N–H and O–H groups in total. The number of esters is 1. The van der Waals surface area contributed by atoms with Gasteiger partial charge in [-0.1, -0.05) is 60.7 Å². The van der Waals surface area contributed by atoms with E-state index >= 15 is 0 Å². The number of anilines is 1. The highest BCUT2D eigenvalue weighted by Gasteiger charge is 2.22. The molecule has 3 aromatic carbocycles. The monoisotopic (exact) mass is 402 g/mol. The van der Waals surface area contributed by atoms with Crippen LogP contribution in [0.15, 0.2) is 84.9 Å². The Hall–Kier alpha value is -3.93. The van der Waals surface area contributed by atoms with E-state index in [1.807, 2.05) is 60.7 Å². The van der Waals surface area contributed by atoms with Gasteiger partial charge in [-0.3, -0.25) is 14.4 Å². The van der Waals surface area contributed by atoms with Crippen LogP contribution >= 0.6 is 0 Å². The number of ether oxygens (including phenoxy) is 1. The number of hydrogen-bond acceptors (Lipinski definition) is 4. The molecule has 6 nitrogen and oxygen atoms in total. The summed E-state index contributed by atoms with van der Waals surface area (Å²) in [6.45, 7) is -0.205. The first-order chi connectivity index (χ1) is 14.6. The third-order valence-corrected chi connectivity index (χ3v) is 4.56. The minimum Gasteiger partial charge on any atom is -0.468 e. The highest BCUT2D eigenvalue weighted by molar-refractivity contribution is 5.99. The van der Waals surface area contributed by atoms with Crippen LogP contribution in [-0.2, 0) is 14.3 Å². The van der Waals surface area contributed by atoms with Crippen LogP contribution in [0.3, 0.4) is 0 Å². The molecule has 2 amide bonds. The summed E-state index contributed by atoms with van der Waals surface area (Å²) in [5, 5.41) is 5.39. The maximum Gasteiger partial charge on any atom is 0.325 e. The average molecular weight is 402 g/mol. The molecule has 3 rings (SSSR count). The summed E-state index contributed by atoms with van der Waals surface area (Å²) in [4.78, 5) is 36.3. The van der Waals surface area contributed by atoms with Gasteiger partial charge in [-0.2, -0.15) is 0 Å². The first-order valence-electron chi connectivity index (χ1n) is 9.44. The molecule has 0 heterocycles. The number of methoxy groups -OCH3 is 1. The van der Waals surface area contributed by atoms with Gasteiger partial charge in [0.25, 0.3) is 5.91 Å². The Morgan fingerprint density at radius 2 is 1.33 bits per heavy atom. The molecule has 0 aliphatic rings. The van der Waals surface area contributed by atoms with E-state index in [-0.39, 0.29) is 12.5 Å². The molecule has 3 aromatic rings.